The minimum atomic E-state index is -0.230. The van der Waals surface area contributed by atoms with Crippen molar-refractivity contribution in [2.24, 2.45) is 0 Å². The highest BCUT2D eigenvalue weighted by atomic mass is 35.5. The Hall–Kier alpha value is -1.71. The standard InChI is InChI=1S/C18H19Cl2NO2/c1-3-12(2)14-6-4-5-7-16(14)21-18(22)11-23-17-9-8-13(19)10-15(17)20/h4-10,12H,3,11H2,1-2H3,(H,21,22)/t12-/m0/s1. The highest BCUT2D eigenvalue weighted by molar-refractivity contribution is 6.35. The number of carbonyl (C=O) groups excluding carboxylic acids is 1. The van der Waals surface area contributed by atoms with Gasteiger partial charge >= 0.3 is 0 Å². The average Bonchev–Trinajstić information content (AvgIpc) is 2.54. The van der Waals surface area contributed by atoms with Crippen LogP contribution < -0.4 is 10.1 Å². The van der Waals surface area contributed by atoms with E-state index in [2.05, 4.69) is 19.2 Å². The predicted octanol–water partition coefficient (Wildman–Crippen LogP) is 5.52. The molecule has 3 nitrogen and oxygen atoms in total. The lowest BCUT2D eigenvalue weighted by Crippen LogP contribution is -2.21. The van der Waals surface area contributed by atoms with Crippen LogP contribution in [0.4, 0.5) is 5.69 Å². The number of hydrogen-bond donors (Lipinski definition) is 1. The van der Waals surface area contributed by atoms with Gasteiger partial charge in [0.15, 0.2) is 6.61 Å². The molecular weight excluding hydrogens is 333 g/mol. The number of benzene rings is 2. The van der Waals surface area contributed by atoms with Crippen molar-refractivity contribution in [3.63, 3.8) is 0 Å². The Balaban J connectivity index is 2.00. The van der Waals surface area contributed by atoms with Crippen molar-refractivity contribution in [3.8, 4) is 5.75 Å². The first kappa shape index (κ1) is 17.6. The molecular formula is C18H19Cl2NO2. The molecule has 2 aromatic carbocycles. The monoisotopic (exact) mass is 351 g/mol. The zero-order chi connectivity index (χ0) is 16.8. The number of amides is 1. The van der Waals surface area contributed by atoms with E-state index in [9.17, 15) is 4.79 Å². The molecule has 0 bridgehead atoms. The van der Waals surface area contributed by atoms with Crippen LogP contribution in [-0.2, 0) is 4.79 Å². The maximum atomic E-state index is 12.1. The van der Waals surface area contributed by atoms with Gasteiger partial charge in [0.2, 0.25) is 0 Å². The van der Waals surface area contributed by atoms with E-state index in [1.807, 2.05) is 24.3 Å². The van der Waals surface area contributed by atoms with Crippen molar-refractivity contribution in [2.45, 2.75) is 26.2 Å². The largest absolute Gasteiger partial charge is 0.482 e. The molecule has 5 heteroatoms. The van der Waals surface area contributed by atoms with Gasteiger partial charge in [-0.05, 0) is 42.2 Å². The molecule has 23 heavy (non-hydrogen) atoms. The maximum absolute atomic E-state index is 12.1. The number of carbonyl (C=O) groups is 1. The first-order valence-corrected chi connectivity index (χ1v) is 8.23. The fraction of sp³-hybridized carbons (Fsp3) is 0.278. The van der Waals surface area contributed by atoms with Gasteiger partial charge in [0.1, 0.15) is 5.75 Å². The number of ether oxygens (including phenoxy) is 1. The van der Waals surface area contributed by atoms with Crippen LogP contribution in [0.25, 0.3) is 0 Å². The number of rotatable bonds is 6. The molecule has 0 radical (unpaired) electrons. The zero-order valence-corrected chi connectivity index (χ0v) is 14.6. The Kier molecular flexibility index (Phi) is 6.31. The highest BCUT2D eigenvalue weighted by Crippen LogP contribution is 2.28. The quantitative estimate of drug-likeness (QED) is 0.743. The molecule has 0 aliphatic carbocycles. The normalized spacial score (nSPS) is 11.8. The van der Waals surface area contributed by atoms with E-state index < -0.39 is 0 Å². The van der Waals surface area contributed by atoms with Gasteiger partial charge in [-0.2, -0.15) is 0 Å². The van der Waals surface area contributed by atoms with Crippen LogP contribution in [0.1, 0.15) is 31.7 Å². The second-order valence-electron chi connectivity index (χ2n) is 5.31. The summed E-state index contributed by atoms with van der Waals surface area (Å²) in [6.07, 6.45) is 1.00. The number of anilines is 1. The lowest BCUT2D eigenvalue weighted by Gasteiger charge is -2.16. The number of para-hydroxylation sites is 1. The maximum Gasteiger partial charge on any atom is 0.262 e. The third-order valence-electron chi connectivity index (χ3n) is 3.63. The first-order valence-electron chi connectivity index (χ1n) is 7.48. The Labute approximate surface area is 146 Å². The van der Waals surface area contributed by atoms with Crippen LogP contribution in [-0.4, -0.2) is 12.5 Å². The van der Waals surface area contributed by atoms with E-state index in [0.717, 1.165) is 17.7 Å². The van der Waals surface area contributed by atoms with Gasteiger partial charge in [0.05, 0.1) is 5.02 Å². The molecule has 0 fully saturated rings. The van der Waals surface area contributed by atoms with E-state index in [1.165, 1.54) is 0 Å². The molecule has 0 aliphatic heterocycles. The molecule has 0 aromatic heterocycles. The van der Waals surface area contributed by atoms with E-state index in [-0.39, 0.29) is 12.5 Å². The molecule has 2 aromatic rings. The first-order chi connectivity index (χ1) is 11.0. The molecule has 0 saturated heterocycles. The Bertz CT molecular complexity index is 688. The van der Waals surface area contributed by atoms with Crippen molar-refractivity contribution in [3.05, 3.63) is 58.1 Å². The summed E-state index contributed by atoms with van der Waals surface area (Å²) in [7, 11) is 0. The summed E-state index contributed by atoms with van der Waals surface area (Å²) in [6, 6.07) is 12.7. The summed E-state index contributed by atoms with van der Waals surface area (Å²) in [5.41, 5.74) is 1.94. The highest BCUT2D eigenvalue weighted by Gasteiger charge is 2.12. The topological polar surface area (TPSA) is 38.3 Å². The fourth-order valence-corrected chi connectivity index (χ4v) is 2.65. The van der Waals surface area contributed by atoms with Crippen LogP contribution in [0.15, 0.2) is 42.5 Å². The summed E-state index contributed by atoms with van der Waals surface area (Å²) in [5.74, 6) is 0.575. The lowest BCUT2D eigenvalue weighted by atomic mass is 9.97. The van der Waals surface area contributed by atoms with E-state index in [1.54, 1.807) is 18.2 Å². The predicted molar refractivity (Wildman–Crippen MR) is 95.7 cm³/mol. The molecule has 0 heterocycles. The number of nitrogens with one attached hydrogen (secondary N) is 1. The third kappa shape index (κ3) is 4.88. The summed E-state index contributed by atoms with van der Waals surface area (Å²) in [6.45, 7) is 4.14. The number of halogens is 2. The van der Waals surface area contributed by atoms with Gasteiger partial charge in [0, 0.05) is 10.7 Å². The summed E-state index contributed by atoms with van der Waals surface area (Å²) in [4.78, 5) is 12.1. The van der Waals surface area contributed by atoms with Gasteiger partial charge < -0.3 is 10.1 Å². The van der Waals surface area contributed by atoms with E-state index >= 15 is 0 Å². The Morgan fingerprint density at radius 3 is 2.65 bits per heavy atom. The third-order valence-corrected chi connectivity index (χ3v) is 4.16. The van der Waals surface area contributed by atoms with E-state index in [0.29, 0.717) is 21.7 Å². The van der Waals surface area contributed by atoms with Crippen molar-refractivity contribution in [1.29, 1.82) is 0 Å². The molecule has 2 rings (SSSR count). The molecule has 122 valence electrons. The Morgan fingerprint density at radius 2 is 1.96 bits per heavy atom. The molecule has 1 N–H and O–H groups in total. The van der Waals surface area contributed by atoms with Gasteiger partial charge in [0.25, 0.3) is 5.91 Å². The average molecular weight is 352 g/mol. The van der Waals surface area contributed by atoms with Gasteiger partial charge in [-0.3, -0.25) is 4.79 Å². The minimum absolute atomic E-state index is 0.115. The van der Waals surface area contributed by atoms with Crippen molar-refractivity contribution in [2.75, 3.05) is 11.9 Å². The van der Waals surface area contributed by atoms with Crippen molar-refractivity contribution < 1.29 is 9.53 Å². The Morgan fingerprint density at radius 1 is 1.22 bits per heavy atom. The summed E-state index contributed by atoms with van der Waals surface area (Å²) >= 11 is 11.8. The minimum Gasteiger partial charge on any atom is -0.482 e. The molecule has 0 saturated carbocycles. The smallest absolute Gasteiger partial charge is 0.262 e. The van der Waals surface area contributed by atoms with Crippen LogP contribution in [0.5, 0.6) is 5.75 Å². The summed E-state index contributed by atoms with van der Waals surface area (Å²) in [5, 5.41) is 3.80. The molecule has 0 spiro atoms. The SMILES string of the molecule is CC[C@H](C)c1ccccc1NC(=O)COc1ccc(Cl)cc1Cl. The molecule has 0 unspecified atom stereocenters. The van der Waals surface area contributed by atoms with Crippen LogP contribution in [0.3, 0.4) is 0 Å². The molecule has 0 aliphatic rings. The number of hydrogen-bond acceptors (Lipinski definition) is 2. The second-order valence-corrected chi connectivity index (χ2v) is 6.15. The van der Waals surface area contributed by atoms with Crippen LogP contribution >= 0.6 is 23.2 Å². The second kappa shape index (κ2) is 8.23. The van der Waals surface area contributed by atoms with Crippen molar-refractivity contribution >= 4 is 34.8 Å². The van der Waals surface area contributed by atoms with Gasteiger partial charge in [-0.1, -0.05) is 55.2 Å². The van der Waals surface area contributed by atoms with E-state index in [4.69, 9.17) is 27.9 Å². The summed E-state index contributed by atoms with van der Waals surface area (Å²) < 4.78 is 5.45. The van der Waals surface area contributed by atoms with Gasteiger partial charge in [-0.15, -0.1) is 0 Å². The fourth-order valence-electron chi connectivity index (χ4n) is 2.18. The van der Waals surface area contributed by atoms with Crippen LogP contribution in [0, 0.1) is 0 Å². The zero-order valence-electron chi connectivity index (χ0n) is 13.1. The molecule has 1 amide bonds. The lowest BCUT2D eigenvalue weighted by molar-refractivity contribution is -0.118. The molecule has 1 atom stereocenters. The van der Waals surface area contributed by atoms with Crippen molar-refractivity contribution in [1.82, 2.24) is 0 Å². The van der Waals surface area contributed by atoms with Gasteiger partial charge in [-0.25, -0.2) is 0 Å². The van der Waals surface area contributed by atoms with Crippen LogP contribution in [0.2, 0.25) is 10.0 Å².